The minimum Gasteiger partial charge on any atom is -0.384 e. The second-order valence-electron chi connectivity index (χ2n) is 5.16. The number of fused-ring (bicyclic) bond motifs is 1. The number of rotatable bonds is 2. The lowest BCUT2D eigenvalue weighted by atomic mass is 10.1. The summed E-state index contributed by atoms with van der Waals surface area (Å²) in [5.74, 6) is -1.75. The van der Waals surface area contributed by atoms with Gasteiger partial charge in [0.1, 0.15) is 5.82 Å². The number of amides is 2. The van der Waals surface area contributed by atoms with Crippen molar-refractivity contribution in [3.8, 4) is 5.69 Å². The molecule has 124 valence electrons. The van der Waals surface area contributed by atoms with Crippen LogP contribution in [-0.4, -0.2) is 31.1 Å². The number of pyridine rings is 1. The molecule has 0 aliphatic carbocycles. The Morgan fingerprint density at radius 1 is 1.12 bits per heavy atom. The molecule has 1 aromatic heterocycles. The van der Waals surface area contributed by atoms with Crippen molar-refractivity contribution in [2.45, 2.75) is 4.90 Å². The lowest BCUT2D eigenvalue weighted by Crippen LogP contribution is -2.25. The molecular formula is C14H10BrN3O5S. The number of imide groups is 1. The summed E-state index contributed by atoms with van der Waals surface area (Å²) in [5, 5.41) is 2.05. The van der Waals surface area contributed by atoms with E-state index in [2.05, 4.69) is 15.9 Å². The maximum Gasteiger partial charge on any atom is 0.262 e. The third-order valence-electron chi connectivity index (χ3n) is 3.52. The maximum absolute atomic E-state index is 12.4. The van der Waals surface area contributed by atoms with Crippen LogP contribution < -0.4 is 16.6 Å². The zero-order valence-electron chi connectivity index (χ0n) is 12.2. The summed E-state index contributed by atoms with van der Waals surface area (Å²) >= 11 is 3.17. The van der Waals surface area contributed by atoms with Crippen molar-refractivity contribution in [2.75, 3.05) is 12.0 Å². The highest BCUT2D eigenvalue weighted by Crippen LogP contribution is 2.28. The van der Waals surface area contributed by atoms with E-state index in [-0.39, 0.29) is 27.5 Å². The fourth-order valence-corrected chi connectivity index (χ4v) is 3.89. The first-order chi connectivity index (χ1) is 11.1. The SMILES string of the molecule is CS(=O)(=O)c1cc(Br)ccc1-n1c(N)c2c(cc1=O)C(=O)NC2=O. The lowest BCUT2D eigenvalue weighted by molar-refractivity contribution is 0.0880. The second-order valence-corrected chi connectivity index (χ2v) is 8.06. The minimum absolute atomic E-state index is 0.00171. The molecule has 0 saturated heterocycles. The van der Waals surface area contributed by atoms with Gasteiger partial charge in [0, 0.05) is 16.8 Å². The molecule has 2 amide bonds. The molecule has 2 aromatic rings. The number of nitrogens with zero attached hydrogens (tertiary/aromatic N) is 1. The number of halogens is 1. The standard InChI is InChI=1S/C14H10BrN3O5S/c1-24(22,23)9-4-6(15)2-3-8(9)18-10(19)5-7-11(12(18)16)14(21)17-13(7)20/h2-5H,16H2,1H3,(H,17,20,21). The lowest BCUT2D eigenvalue weighted by Gasteiger charge is -2.15. The van der Waals surface area contributed by atoms with E-state index >= 15 is 0 Å². The van der Waals surface area contributed by atoms with Crippen LogP contribution in [0.4, 0.5) is 5.82 Å². The van der Waals surface area contributed by atoms with Crippen molar-refractivity contribution in [1.82, 2.24) is 9.88 Å². The summed E-state index contributed by atoms with van der Waals surface area (Å²) in [6.07, 6.45) is 0.989. The van der Waals surface area contributed by atoms with E-state index in [1.54, 1.807) is 0 Å². The second kappa shape index (κ2) is 5.28. The molecule has 0 fully saturated rings. The number of hydrogen-bond donors (Lipinski definition) is 2. The Bertz CT molecular complexity index is 1090. The molecule has 0 spiro atoms. The van der Waals surface area contributed by atoms with Crippen molar-refractivity contribution >= 4 is 43.4 Å². The van der Waals surface area contributed by atoms with Gasteiger partial charge in [-0.25, -0.2) is 8.42 Å². The molecule has 0 saturated carbocycles. The van der Waals surface area contributed by atoms with Gasteiger partial charge in [0.05, 0.1) is 21.7 Å². The van der Waals surface area contributed by atoms with E-state index in [1.807, 2.05) is 5.32 Å². The molecule has 1 aliphatic heterocycles. The van der Waals surface area contributed by atoms with Gasteiger partial charge in [-0.1, -0.05) is 15.9 Å². The minimum atomic E-state index is -3.69. The summed E-state index contributed by atoms with van der Waals surface area (Å²) in [6.45, 7) is 0. The van der Waals surface area contributed by atoms with E-state index < -0.39 is 27.2 Å². The molecule has 0 atom stereocenters. The highest BCUT2D eigenvalue weighted by molar-refractivity contribution is 9.10. The average Bonchev–Trinajstić information content (AvgIpc) is 2.74. The fourth-order valence-electron chi connectivity index (χ4n) is 2.50. The largest absolute Gasteiger partial charge is 0.384 e. The van der Waals surface area contributed by atoms with Gasteiger partial charge >= 0.3 is 0 Å². The van der Waals surface area contributed by atoms with Gasteiger partial charge in [-0.05, 0) is 18.2 Å². The van der Waals surface area contributed by atoms with Crippen molar-refractivity contribution in [3.05, 3.63) is 50.2 Å². The zero-order valence-corrected chi connectivity index (χ0v) is 14.6. The number of nitrogen functional groups attached to an aromatic ring is 1. The van der Waals surface area contributed by atoms with Crippen LogP contribution in [0, 0.1) is 0 Å². The number of carbonyl (C=O) groups is 2. The van der Waals surface area contributed by atoms with Gasteiger partial charge in [-0.3, -0.25) is 24.3 Å². The van der Waals surface area contributed by atoms with Crippen LogP contribution in [0.15, 0.2) is 38.4 Å². The predicted molar refractivity (Wildman–Crippen MR) is 89.1 cm³/mol. The summed E-state index contributed by atoms with van der Waals surface area (Å²) < 4.78 is 25.5. The van der Waals surface area contributed by atoms with Gasteiger partial charge in [0.25, 0.3) is 17.4 Å². The first kappa shape index (κ1) is 16.4. The summed E-state index contributed by atoms with van der Waals surface area (Å²) in [6, 6.07) is 5.21. The molecular weight excluding hydrogens is 402 g/mol. The molecule has 8 nitrogen and oxygen atoms in total. The van der Waals surface area contributed by atoms with Gasteiger partial charge in [-0.2, -0.15) is 0 Å². The van der Waals surface area contributed by atoms with Crippen molar-refractivity contribution in [1.29, 1.82) is 0 Å². The average molecular weight is 412 g/mol. The van der Waals surface area contributed by atoms with Crippen LogP contribution in [0.5, 0.6) is 0 Å². The number of carbonyl (C=O) groups excluding carboxylic acids is 2. The Balaban J connectivity index is 2.43. The maximum atomic E-state index is 12.4. The van der Waals surface area contributed by atoms with Gasteiger partial charge in [0.15, 0.2) is 9.84 Å². The third kappa shape index (κ3) is 2.43. The van der Waals surface area contributed by atoms with E-state index in [4.69, 9.17) is 5.73 Å². The first-order valence-corrected chi connectivity index (χ1v) is 9.21. The number of nitrogens with two attached hydrogens (primary N) is 1. The molecule has 3 N–H and O–H groups in total. The zero-order chi connectivity index (χ0) is 17.8. The predicted octanol–water partition coefficient (Wildman–Crippen LogP) is 0.469. The summed E-state index contributed by atoms with van der Waals surface area (Å²) in [5.41, 5.74) is 4.91. The normalized spacial score (nSPS) is 13.8. The molecule has 0 radical (unpaired) electrons. The van der Waals surface area contributed by atoms with E-state index in [0.29, 0.717) is 4.47 Å². The Kier molecular flexibility index (Phi) is 3.61. The van der Waals surface area contributed by atoms with E-state index in [1.165, 1.54) is 18.2 Å². The highest BCUT2D eigenvalue weighted by atomic mass is 79.9. The Labute approximate surface area is 144 Å². The van der Waals surface area contributed by atoms with E-state index in [0.717, 1.165) is 16.9 Å². The highest BCUT2D eigenvalue weighted by Gasteiger charge is 2.32. The van der Waals surface area contributed by atoms with Crippen LogP contribution in [0.1, 0.15) is 20.7 Å². The fraction of sp³-hybridized carbons (Fsp3) is 0.0714. The Morgan fingerprint density at radius 2 is 1.79 bits per heavy atom. The van der Waals surface area contributed by atoms with E-state index in [9.17, 15) is 22.8 Å². The Hall–Kier alpha value is -2.46. The monoisotopic (exact) mass is 411 g/mol. The van der Waals surface area contributed by atoms with Gasteiger partial charge in [-0.15, -0.1) is 0 Å². The third-order valence-corrected chi connectivity index (χ3v) is 5.13. The van der Waals surface area contributed by atoms with Crippen molar-refractivity contribution in [3.63, 3.8) is 0 Å². The van der Waals surface area contributed by atoms with Crippen molar-refractivity contribution < 1.29 is 18.0 Å². The smallest absolute Gasteiger partial charge is 0.262 e. The van der Waals surface area contributed by atoms with Crippen LogP contribution in [0.2, 0.25) is 0 Å². The van der Waals surface area contributed by atoms with Crippen LogP contribution in [-0.2, 0) is 9.84 Å². The molecule has 24 heavy (non-hydrogen) atoms. The van der Waals surface area contributed by atoms with Crippen LogP contribution >= 0.6 is 15.9 Å². The Morgan fingerprint density at radius 3 is 2.42 bits per heavy atom. The summed E-state index contributed by atoms with van der Waals surface area (Å²) in [4.78, 5) is 35.8. The van der Waals surface area contributed by atoms with Crippen LogP contribution in [0.3, 0.4) is 0 Å². The molecule has 0 bridgehead atoms. The molecule has 0 unspecified atom stereocenters. The molecule has 2 heterocycles. The first-order valence-electron chi connectivity index (χ1n) is 6.52. The number of aromatic nitrogens is 1. The van der Waals surface area contributed by atoms with Crippen molar-refractivity contribution in [2.24, 2.45) is 0 Å². The summed E-state index contributed by atoms with van der Waals surface area (Å²) in [7, 11) is -3.69. The number of sulfone groups is 1. The number of benzene rings is 1. The van der Waals surface area contributed by atoms with Gasteiger partial charge in [0.2, 0.25) is 0 Å². The number of nitrogens with one attached hydrogen (secondary N) is 1. The quantitative estimate of drug-likeness (QED) is 0.691. The number of anilines is 1. The molecule has 3 rings (SSSR count). The molecule has 1 aromatic carbocycles. The van der Waals surface area contributed by atoms with Gasteiger partial charge < -0.3 is 5.73 Å². The van der Waals surface area contributed by atoms with Crippen LogP contribution in [0.25, 0.3) is 5.69 Å². The topological polar surface area (TPSA) is 128 Å². The molecule has 10 heteroatoms. The number of hydrogen-bond acceptors (Lipinski definition) is 6. The molecule has 1 aliphatic rings.